The molecule has 16 heavy (non-hydrogen) atoms. The minimum atomic E-state index is -0.524. The van der Waals surface area contributed by atoms with Crippen molar-refractivity contribution in [3.63, 3.8) is 0 Å². The average Bonchev–Trinajstić information content (AvgIpc) is 2.55. The summed E-state index contributed by atoms with van der Waals surface area (Å²) in [5, 5.41) is 10.6. The number of non-ortho nitro benzene ring substituents is 1. The summed E-state index contributed by atoms with van der Waals surface area (Å²) in [5.41, 5.74) is 0.701. The van der Waals surface area contributed by atoms with Crippen LogP contribution in [0.1, 0.15) is 0 Å². The van der Waals surface area contributed by atoms with E-state index in [2.05, 4.69) is 12.6 Å². The summed E-state index contributed by atoms with van der Waals surface area (Å²) in [6, 6.07) is 4.05. The number of thiol groups is 1. The molecule has 7 heteroatoms. The molecule has 0 amide bonds. The van der Waals surface area contributed by atoms with Gasteiger partial charge in [-0.2, -0.15) is 12.6 Å². The second-order valence-electron chi connectivity index (χ2n) is 3.15. The Morgan fingerprint density at radius 1 is 1.50 bits per heavy atom. The molecular weight excluding hydrogens is 232 g/mol. The number of oxazole rings is 1. The summed E-state index contributed by atoms with van der Waals surface area (Å²) >= 11 is 4.01. The zero-order chi connectivity index (χ0) is 11.7. The molecule has 0 saturated heterocycles. The van der Waals surface area contributed by atoms with Crippen LogP contribution in [-0.2, 0) is 6.54 Å². The minimum absolute atomic E-state index is 0.0683. The van der Waals surface area contributed by atoms with E-state index in [1.165, 1.54) is 22.8 Å². The van der Waals surface area contributed by atoms with Gasteiger partial charge in [0.15, 0.2) is 5.58 Å². The summed E-state index contributed by atoms with van der Waals surface area (Å²) < 4.78 is 6.27. The topological polar surface area (TPSA) is 78.3 Å². The molecule has 0 aliphatic rings. The van der Waals surface area contributed by atoms with Crippen LogP contribution in [0.15, 0.2) is 27.4 Å². The fraction of sp³-hybridized carbons (Fsp3) is 0.222. The van der Waals surface area contributed by atoms with Crippen molar-refractivity contribution in [3.05, 3.63) is 38.9 Å². The number of nitro benzene ring substituents is 1. The van der Waals surface area contributed by atoms with Crippen LogP contribution in [0.2, 0.25) is 0 Å². The Bertz CT molecular complexity index is 601. The maximum atomic E-state index is 11.4. The van der Waals surface area contributed by atoms with Crippen molar-refractivity contribution >= 4 is 29.4 Å². The molecule has 0 saturated carbocycles. The van der Waals surface area contributed by atoms with Gasteiger partial charge >= 0.3 is 5.76 Å². The molecule has 0 aliphatic heterocycles. The molecule has 2 aromatic rings. The molecule has 6 nitrogen and oxygen atoms in total. The van der Waals surface area contributed by atoms with Crippen LogP contribution in [0.5, 0.6) is 0 Å². The van der Waals surface area contributed by atoms with E-state index in [0.717, 1.165) is 0 Å². The predicted molar refractivity (Wildman–Crippen MR) is 61.0 cm³/mol. The first-order chi connectivity index (χ1) is 7.63. The fourth-order valence-corrected chi connectivity index (χ4v) is 1.68. The van der Waals surface area contributed by atoms with Gasteiger partial charge in [0.05, 0.1) is 10.4 Å². The van der Waals surface area contributed by atoms with Gasteiger partial charge in [-0.15, -0.1) is 0 Å². The van der Waals surface area contributed by atoms with E-state index in [4.69, 9.17) is 4.42 Å². The third-order valence-electron chi connectivity index (χ3n) is 2.19. The highest BCUT2D eigenvalue weighted by Gasteiger charge is 2.13. The quantitative estimate of drug-likeness (QED) is 0.500. The molecule has 0 N–H and O–H groups in total. The Labute approximate surface area is 95.0 Å². The molecular formula is C9H8N2O4S. The van der Waals surface area contributed by atoms with E-state index in [-0.39, 0.29) is 5.69 Å². The third-order valence-corrected chi connectivity index (χ3v) is 2.39. The smallest absolute Gasteiger partial charge is 0.408 e. The number of rotatable bonds is 3. The minimum Gasteiger partial charge on any atom is -0.408 e. The maximum absolute atomic E-state index is 11.4. The van der Waals surface area contributed by atoms with E-state index < -0.39 is 10.7 Å². The summed E-state index contributed by atoms with van der Waals surface area (Å²) in [7, 11) is 0. The molecule has 0 spiro atoms. The lowest BCUT2D eigenvalue weighted by molar-refractivity contribution is -0.384. The first-order valence-corrected chi connectivity index (χ1v) is 5.15. The van der Waals surface area contributed by atoms with Gasteiger partial charge in [0.1, 0.15) is 0 Å². The molecule has 1 aromatic heterocycles. The first kappa shape index (κ1) is 10.7. The van der Waals surface area contributed by atoms with Crippen molar-refractivity contribution in [2.75, 3.05) is 5.75 Å². The molecule has 1 heterocycles. The van der Waals surface area contributed by atoms with E-state index in [1.54, 1.807) is 0 Å². The Balaban J connectivity index is 2.69. The van der Waals surface area contributed by atoms with E-state index in [0.29, 0.717) is 23.4 Å². The molecule has 0 unspecified atom stereocenters. The molecule has 0 fully saturated rings. The number of fused-ring (bicyclic) bond motifs is 1. The Morgan fingerprint density at radius 3 is 2.88 bits per heavy atom. The number of nitro groups is 1. The largest absolute Gasteiger partial charge is 0.419 e. The molecule has 0 radical (unpaired) electrons. The van der Waals surface area contributed by atoms with Crippen molar-refractivity contribution in [2.45, 2.75) is 6.54 Å². The highest BCUT2D eigenvalue weighted by Crippen LogP contribution is 2.19. The summed E-state index contributed by atoms with van der Waals surface area (Å²) in [6.07, 6.45) is 0. The molecule has 0 atom stereocenters. The Kier molecular flexibility index (Phi) is 2.69. The van der Waals surface area contributed by atoms with Gasteiger partial charge < -0.3 is 4.42 Å². The molecule has 2 rings (SSSR count). The van der Waals surface area contributed by atoms with Gasteiger partial charge in [0.25, 0.3) is 5.69 Å². The first-order valence-electron chi connectivity index (χ1n) is 4.52. The Hall–Kier alpha value is -1.76. The maximum Gasteiger partial charge on any atom is 0.419 e. The second-order valence-corrected chi connectivity index (χ2v) is 3.60. The lowest BCUT2D eigenvalue weighted by Crippen LogP contribution is -2.14. The second kappa shape index (κ2) is 4.01. The lowest BCUT2D eigenvalue weighted by Gasteiger charge is -1.97. The van der Waals surface area contributed by atoms with Gasteiger partial charge in [-0.25, -0.2) is 4.79 Å². The monoisotopic (exact) mass is 240 g/mol. The zero-order valence-corrected chi connectivity index (χ0v) is 9.02. The van der Waals surface area contributed by atoms with Crippen LogP contribution in [0.4, 0.5) is 5.69 Å². The van der Waals surface area contributed by atoms with Crippen molar-refractivity contribution in [2.24, 2.45) is 0 Å². The van der Waals surface area contributed by atoms with Crippen LogP contribution in [0.3, 0.4) is 0 Å². The number of hydrogen-bond donors (Lipinski definition) is 1. The van der Waals surface area contributed by atoms with Crippen LogP contribution in [0, 0.1) is 10.1 Å². The van der Waals surface area contributed by atoms with Crippen LogP contribution < -0.4 is 5.76 Å². The van der Waals surface area contributed by atoms with Crippen molar-refractivity contribution in [3.8, 4) is 0 Å². The highest BCUT2D eigenvalue weighted by molar-refractivity contribution is 7.80. The predicted octanol–water partition coefficient (Wildman–Crippen LogP) is 1.43. The number of nitrogens with zero attached hydrogens (tertiary/aromatic N) is 2. The van der Waals surface area contributed by atoms with Gasteiger partial charge in [0, 0.05) is 24.4 Å². The van der Waals surface area contributed by atoms with Gasteiger partial charge in [-0.1, -0.05) is 0 Å². The van der Waals surface area contributed by atoms with Gasteiger partial charge in [-0.05, 0) is 6.07 Å². The molecule has 84 valence electrons. The van der Waals surface area contributed by atoms with E-state index in [9.17, 15) is 14.9 Å². The van der Waals surface area contributed by atoms with Crippen molar-refractivity contribution in [1.29, 1.82) is 0 Å². The standard InChI is InChI=1S/C9H8N2O4S/c12-9-10(3-4-16)7-5-6(11(13)14)1-2-8(7)15-9/h1-2,5,16H,3-4H2. The zero-order valence-electron chi connectivity index (χ0n) is 8.12. The number of aromatic nitrogens is 1. The van der Waals surface area contributed by atoms with E-state index >= 15 is 0 Å². The summed E-state index contributed by atoms with van der Waals surface area (Å²) in [4.78, 5) is 21.5. The summed E-state index contributed by atoms with van der Waals surface area (Å²) in [6.45, 7) is 0.357. The van der Waals surface area contributed by atoms with Gasteiger partial charge in [0.2, 0.25) is 0 Å². The number of benzene rings is 1. The Morgan fingerprint density at radius 2 is 2.25 bits per heavy atom. The van der Waals surface area contributed by atoms with E-state index in [1.807, 2.05) is 0 Å². The molecule has 0 aliphatic carbocycles. The SMILES string of the molecule is O=c1oc2ccc([N+](=O)[O-])cc2n1CCS. The molecule has 0 bridgehead atoms. The third kappa shape index (κ3) is 1.69. The normalized spacial score (nSPS) is 10.8. The average molecular weight is 240 g/mol. The van der Waals surface area contributed by atoms with Crippen LogP contribution in [0.25, 0.3) is 11.1 Å². The lowest BCUT2D eigenvalue weighted by atomic mass is 10.3. The van der Waals surface area contributed by atoms with Crippen LogP contribution >= 0.6 is 12.6 Å². The number of aryl methyl sites for hydroxylation is 1. The highest BCUT2D eigenvalue weighted by atomic mass is 32.1. The number of hydrogen-bond acceptors (Lipinski definition) is 5. The van der Waals surface area contributed by atoms with Gasteiger partial charge in [-0.3, -0.25) is 14.7 Å². The fourth-order valence-electron chi connectivity index (χ4n) is 1.48. The van der Waals surface area contributed by atoms with Crippen molar-refractivity contribution in [1.82, 2.24) is 4.57 Å². The van der Waals surface area contributed by atoms with Crippen molar-refractivity contribution < 1.29 is 9.34 Å². The van der Waals surface area contributed by atoms with Crippen LogP contribution in [-0.4, -0.2) is 15.2 Å². The molecule has 1 aromatic carbocycles. The summed E-state index contributed by atoms with van der Waals surface area (Å²) in [5.74, 6) is -0.0680.